The second-order valence-electron chi connectivity index (χ2n) is 8.53. The van der Waals surface area contributed by atoms with Gasteiger partial charge in [-0.1, -0.05) is 12.1 Å². The van der Waals surface area contributed by atoms with Crippen LogP contribution < -0.4 is 20.1 Å². The van der Waals surface area contributed by atoms with Crippen LogP contribution in [0.5, 0.6) is 5.75 Å². The maximum atomic E-state index is 12.5. The monoisotopic (exact) mass is 502 g/mol. The molecule has 36 heavy (non-hydrogen) atoms. The number of sulfonamides is 1. The molecule has 0 bridgehead atoms. The van der Waals surface area contributed by atoms with Gasteiger partial charge in [0, 0.05) is 35.4 Å². The molecule has 1 saturated carbocycles. The molecule has 0 spiro atoms. The number of nitrogens with one attached hydrogen (secondary N) is 3. The molecular formula is C26H26N6O3S. The Morgan fingerprint density at radius 2 is 1.78 bits per heavy atom. The second kappa shape index (κ2) is 10.3. The third-order valence-electron chi connectivity index (χ3n) is 5.50. The molecule has 10 heteroatoms. The van der Waals surface area contributed by atoms with Gasteiger partial charge >= 0.3 is 0 Å². The molecule has 1 fully saturated rings. The van der Waals surface area contributed by atoms with Crippen LogP contribution in [0.15, 0.2) is 84.0 Å². The van der Waals surface area contributed by atoms with Gasteiger partial charge in [-0.05, 0) is 74.4 Å². The molecule has 1 aliphatic rings. The molecule has 0 saturated heterocycles. The van der Waals surface area contributed by atoms with Crippen molar-refractivity contribution in [2.45, 2.75) is 37.3 Å². The van der Waals surface area contributed by atoms with Crippen LogP contribution in [0.3, 0.4) is 0 Å². The van der Waals surface area contributed by atoms with Crippen molar-refractivity contribution in [1.29, 1.82) is 0 Å². The molecule has 2 heterocycles. The maximum Gasteiger partial charge on any atom is 0.240 e. The Balaban J connectivity index is 1.25. The van der Waals surface area contributed by atoms with Gasteiger partial charge in [-0.3, -0.25) is 4.98 Å². The van der Waals surface area contributed by atoms with E-state index in [-0.39, 0.29) is 10.9 Å². The summed E-state index contributed by atoms with van der Waals surface area (Å²) in [6.45, 7) is 2.31. The number of aromatic nitrogens is 3. The first-order valence-electron chi connectivity index (χ1n) is 11.6. The maximum absolute atomic E-state index is 12.5. The van der Waals surface area contributed by atoms with Crippen LogP contribution in [0.1, 0.15) is 24.1 Å². The Kier molecular flexibility index (Phi) is 6.79. The SMILES string of the molecule is Cc1cnc(Nc2cccc(S(=O)(=O)NC3CC3)c2)nc1Nc1ccc(OCc2ccccn2)cc1. The molecule has 0 radical (unpaired) electrons. The van der Waals surface area contributed by atoms with Gasteiger partial charge in [0.1, 0.15) is 18.2 Å². The third kappa shape index (κ3) is 6.15. The fourth-order valence-electron chi connectivity index (χ4n) is 3.40. The number of nitrogens with zero attached hydrogens (tertiary/aromatic N) is 3. The van der Waals surface area contributed by atoms with Gasteiger partial charge in [-0.25, -0.2) is 18.1 Å². The number of rotatable bonds is 10. The zero-order valence-corrected chi connectivity index (χ0v) is 20.5. The highest BCUT2D eigenvalue weighted by molar-refractivity contribution is 7.89. The van der Waals surface area contributed by atoms with E-state index in [2.05, 4.69) is 30.3 Å². The van der Waals surface area contributed by atoms with Crippen molar-refractivity contribution in [3.8, 4) is 5.75 Å². The first-order chi connectivity index (χ1) is 17.4. The fraction of sp³-hybridized carbons (Fsp3) is 0.192. The van der Waals surface area contributed by atoms with Crippen molar-refractivity contribution >= 4 is 33.2 Å². The molecular weight excluding hydrogens is 476 g/mol. The summed E-state index contributed by atoms with van der Waals surface area (Å²) in [5.41, 5.74) is 3.14. The highest BCUT2D eigenvalue weighted by atomic mass is 32.2. The summed E-state index contributed by atoms with van der Waals surface area (Å²) >= 11 is 0. The minimum Gasteiger partial charge on any atom is -0.487 e. The molecule has 2 aromatic carbocycles. The number of ether oxygens (including phenoxy) is 1. The predicted octanol–water partition coefficient (Wildman–Crippen LogP) is 4.69. The molecule has 184 valence electrons. The Morgan fingerprint density at radius 1 is 0.944 bits per heavy atom. The Labute approximate surface area is 210 Å². The van der Waals surface area contributed by atoms with Crippen LogP contribution in [0.25, 0.3) is 0 Å². The Hall–Kier alpha value is -4.02. The minimum absolute atomic E-state index is 0.0437. The lowest BCUT2D eigenvalue weighted by Crippen LogP contribution is -2.25. The van der Waals surface area contributed by atoms with Crippen LogP contribution in [-0.4, -0.2) is 29.4 Å². The van der Waals surface area contributed by atoms with Crippen molar-refractivity contribution in [2.75, 3.05) is 10.6 Å². The molecule has 9 nitrogen and oxygen atoms in total. The number of hydrogen-bond donors (Lipinski definition) is 3. The highest BCUT2D eigenvalue weighted by Crippen LogP contribution is 2.25. The second-order valence-corrected chi connectivity index (χ2v) is 10.2. The normalized spacial score (nSPS) is 13.2. The lowest BCUT2D eigenvalue weighted by Gasteiger charge is -2.12. The molecule has 4 aromatic rings. The molecule has 1 aliphatic carbocycles. The van der Waals surface area contributed by atoms with Gasteiger partial charge in [0.2, 0.25) is 16.0 Å². The fourth-order valence-corrected chi connectivity index (χ4v) is 4.75. The third-order valence-corrected chi connectivity index (χ3v) is 7.02. The molecule has 0 atom stereocenters. The summed E-state index contributed by atoms with van der Waals surface area (Å²) in [6.07, 6.45) is 5.21. The summed E-state index contributed by atoms with van der Waals surface area (Å²) in [7, 11) is -3.55. The molecule has 2 aromatic heterocycles. The zero-order valence-electron chi connectivity index (χ0n) is 19.7. The number of pyridine rings is 1. The van der Waals surface area contributed by atoms with Gasteiger partial charge in [-0.15, -0.1) is 0 Å². The summed E-state index contributed by atoms with van der Waals surface area (Å²) in [5, 5.41) is 6.40. The van der Waals surface area contributed by atoms with E-state index in [1.54, 1.807) is 36.7 Å². The van der Waals surface area contributed by atoms with E-state index < -0.39 is 10.0 Å². The van der Waals surface area contributed by atoms with Crippen molar-refractivity contribution in [3.63, 3.8) is 0 Å². The molecule has 0 unspecified atom stereocenters. The van der Waals surface area contributed by atoms with Gasteiger partial charge in [-0.2, -0.15) is 4.98 Å². The summed E-state index contributed by atoms with van der Waals surface area (Å²) in [4.78, 5) is 13.4. The van der Waals surface area contributed by atoms with E-state index >= 15 is 0 Å². The van der Waals surface area contributed by atoms with Crippen molar-refractivity contribution in [2.24, 2.45) is 0 Å². The smallest absolute Gasteiger partial charge is 0.240 e. The molecule has 0 aliphatic heterocycles. The number of benzene rings is 2. The molecule has 3 N–H and O–H groups in total. The van der Waals surface area contributed by atoms with E-state index in [4.69, 9.17) is 4.74 Å². The van der Waals surface area contributed by atoms with Gasteiger partial charge < -0.3 is 15.4 Å². The molecule has 0 amide bonds. The van der Waals surface area contributed by atoms with Crippen LogP contribution >= 0.6 is 0 Å². The number of hydrogen-bond acceptors (Lipinski definition) is 8. The van der Waals surface area contributed by atoms with E-state index in [9.17, 15) is 8.42 Å². The largest absolute Gasteiger partial charge is 0.487 e. The van der Waals surface area contributed by atoms with Crippen LogP contribution in [-0.2, 0) is 16.6 Å². The summed E-state index contributed by atoms with van der Waals surface area (Å²) in [5.74, 6) is 1.72. The number of aryl methyl sites for hydroxylation is 1. The lowest BCUT2D eigenvalue weighted by atomic mass is 10.2. The van der Waals surface area contributed by atoms with Gasteiger partial charge in [0.25, 0.3) is 0 Å². The first-order valence-corrected chi connectivity index (χ1v) is 13.1. The Bertz CT molecular complexity index is 1440. The van der Waals surface area contributed by atoms with Crippen LogP contribution in [0, 0.1) is 6.92 Å². The summed E-state index contributed by atoms with van der Waals surface area (Å²) in [6, 6.07) is 19.9. The Morgan fingerprint density at radius 3 is 2.53 bits per heavy atom. The van der Waals surface area contributed by atoms with E-state index in [0.717, 1.165) is 35.5 Å². The van der Waals surface area contributed by atoms with E-state index in [1.165, 1.54) is 0 Å². The van der Waals surface area contributed by atoms with Gasteiger partial charge in [0.15, 0.2) is 0 Å². The standard InChI is InChI=1S/C26H26N6O3S/c1-18-16-28-26(30-21-6-4-7-24(15-21)36(33,34)32-20-8-9-20)31-25(18)29-19-10-12-23(13-11-19)35-17-22-5-2-3-14-27-22/h2-7,10-16,20,32H,8-9,17H2,1H3,(H2,28,29,30,31). The van der Waals surface area contributed by atoms with Crippen LogP contribution in [0.4, 0.5) is 23.1 Å². The van der Waals surface area contributed by atoms with E-state index in [0.29, 0.717) is 24.1 Å². The van der Waals surface area contributed by atoms with Crippen molar-refractivity contribution < 1.29 is 13.2 Å². The topological polar surface area (TPSA) is 118 Å². The van der Waals surface area contributed by atoms with E-state index in [1.807, 2.05) is 49.4 Å². The number of anilines is 4. The highest BCUT2D eigenvalue weighted by Gasteiger charge is 2.28. The predicted molar refractivity (Wildman–Crippen MR) is 138 cm³/mol. The molecule has 5 rings (SSSR count). The van der Waals surface area contributed by atoms with Crippen molar-refractivity contribution in [1.82, 2.24) is 19.7 Å². The first kappa shape index (κ1) is 23.7. The van der Waals surface area contributed by atoms with Crippen LogP contribution in [0.2, 0.25) is 0 Å². The lowest BCUT2D eigenvalue weighted by molar-refractivity contribution is 0.301. The van der Waals surface area contributed by atoms with Gasteiger partial charge in [0.05, 0.1) is 10.6 Å². The average Bonchev–Trinajstić information content (AvgIpc) is 3.70. The van der Waals surface area contributed by atoms with Crippen molar-refractivity contribution in [3.05, 3.63) is 90.4 Å². The quantitative estimate of drug-likeness (QED) is 0.286. The average molecular weight is 503 g/mol. The summed E-state index contributed by atoms with van der Waals surface area (Å²) < 4.78 is 33.6. The zero-order chi connectivity index (χ0) is 25.0. The minimum atomic E-state index is -3.55.